The third-order valence-electron chi connectivity index (χ3n) is 6.56. The highest BCUT2D eigenvalue weighted by molar-refractivity contribution is 7.89. The van der Waals surface area contributed by atoms with Gasteiger partial charge >= 0.3 is 5.97 Å². The van der Waals surface area contributed by atoms with E-state index in [2.05, 4.69) is 6.07 Å². The summed E-state index contributed by atoms with van der Waals surface area (Å²) < 4.78 is 34.4. The molecule has 0 radical (unpaired) electrons. The number of para-hydroxylation sites is 1. The SMILES string of the molecule is Cc1ccc(C(CC(=O)O)c2ccc(C)c(CN3C[C@@H](C)Oc4ccccc4S3(=O)=O)c2)c(C)c1. The van der Waals surface area contributed by atoms with Crippen LogP contribution in [0.2, 0.25) is 0 Å². The van der Waals surface area contributed by atoms with E-state index in [1.807, 2.05) is 58.0 Å². The van der Waals surface area contributed by atoms with E-state index in [1.54, 1.807) is 24.3 Å². The van der Waals surface area contributed by atoms with Gasteiger partial charge in [0.15, 0.2) is 0 Å². The number of hydrogen-bond donors (Lipinski definition) is 1. The molecule has 2 atom stereocenters. The van der Waals surface area contributed by atoms with E-state index in [9.17, 15) is 18.3 Å². The Morgan fingerprint density at radius 1 is 1.06 bits per heavy atom. The summed E-state index contributed by atoms with van der Waals surface area (Å²) in [5, 5.41) is 9.66. The van der Waals surface area contributed by atoms with E-state index < -0.39 is 16.0 Å². The molecule has 0 saturated carbocycles. The summed E-state index contributed by atoms with van der Waals surface area (Å²) in [6.07, 6.45) is -0.362. The van der Waals surface area contributed by atoms with Gasteiger partial charge in [0.2, 0.25) is 10.0 Å². The van der Waals surface area contributed by atoms with Gasteiger partial charge in [-0.1, -0.05) is 54.1 Å². The number of fused-ring (bicyclic) bond motifs is 1. The smallest absolute Gasteiger partial charge is 0.304 e. The maximum absolute atomic E-state index is 13.5. The van der Waals surface area contributed by atoms with Crippen molar-refractivity contribution in [1.82, 2.24) is 4.31 Å². The maximum Gasteiger partial charge on any atom is 0.304 e. The van der Waals surface area contributed by atoms with Gasteiger partial charge in [-0.3, -0.25) is 4.79 Å². The van der Waals surface area contributed by atoms with Crippen molar-refractivity contribution in [2.24, 2.45) is 0 Å². The molecule has 184 valence electrons. The molecular formula is C28H31NO5S. The summed E-state index contributed by atoms with van der Waals surface area (Å²) >= 11 is 0. The Kier molecular flexibility index (Phi) is 7.01. The number of aliphatic carboxylic acids is 1. The van der Waals surface area contributed by atoms with Crippen LogP contribution in [0.1, 0.15) is 52.6 Å². The van der Waals surface area contributed by atoms with Gasteiger partial charge < -0.3 is 9.84 Å². The average molecular weight is 494 g/mol. The Labute approximate surface area is 207 Å². The van der Waals surface area contributed by atoms with Crippen LogP contribution in [0.5, 0.6) is 5.75 Å². The third-order valence-corrected chi connectivity index (χ3v) is 8.41. The first-order valence-corrected chi connectivity index (χ1v) is 13.1. The van der Waals surface area contributed by atoms with E-state index in [-0.39, 0.29) is 36.4 Å². The summed E-state index contributed by atoms with van der Waals surface area (Å²) in [5.74, 6) is -0.852. The van der Waals surface area contributed by atoms with Gasteiger partial charge in [0.25, 0.3) is 0 Å². The highest BCUT2D eigenvalue weighted by atomic mass is 32.2. The molecule has 0 aromatic heterocycles. The van der Waals surface area contributed by atoms with Crippen LogP contribution >= 0.6 is 0 Å². The van der Waals surface area contributed by atoms with Gasteiger partial charge in [0.1, 0.15) is 16.7 Å². The first-order chi connectivity index (χ1) is 16.6. The van der Waals surface area contributed by atoms with Gasteiger partial charge in [0, 0.05) is 12.5 Å². The number of sulfonamides is 1. The summed E-state index contributed by atoms with van der Waals surface area (Å²) in [4.78, 5) is 11.9. The minimum Gasteiger partial charge on any atom is -0.488 e. The second-order valence-electron chi connectivity index (χ2n) is 9.37. The second-order valence-corrected chi connectivity index (χ2v) is 11.3. The molecule has 6 nitrogen and oxygen atoms in total. The molecule has 0 spiro atoms. The van der Waals surface area contributed by atoms with Crippen LogP contribution in [-0.2, 0) is 21.4 Å². The van der Waals surface area contributed by atoms with Crippen molar-refractivity contribution in [2.45, 2.75) is 57.6 Å². The highest BCUT2D eigenvalue weighted by Gasteiger charge is 2.33. The zero-order valence-electron chi connectivity index (χ0n) is 20.5. The summed E-state index contributed by atoms with van der Waals surface area (Å²) in [5.41, 5.74) is 5.77. The lowest BCUT2D eigenvalue weighted by molar-refractivity contribution is -0.137. The Morgan fingerprint density at radius 3 is 2.51 bits per heavy atom. The molecule has 0 fully saturated rings. The lowest BCUT2D eigenvalue weighted by Gasteiger charge is -2.24. The van der Waals surface area contributed by atoms with E-state index in [0.29, 0.717) is 5.75 Å². The molecule has 0 aliphatic carbocycles. The number of carboxylic acids is 1. The molecular weight excluding hydrogens is 462 g/mol. The van der Waals surface area contributed by atoms with Crippen molar-refractivity contribution in [3.8, 4) is 5.75 Å². The first kappa shape index (κ1) is 24.9. The topological polar surface area (TPSA) is 83.9 Å². The minimum absolute atomic E-state index is 0.0489. The van der Waals surface area contributed by atoms with Crippen LogP contribution in [0, 0.1) is 20.8 Å². The molecule has 3 aromatic rings. The molecule has 0 bridgehead atoms. The van der Waals surface area contributed by atoms with Crippen molar-refractivity contribution in [2.75, 3.05) is 6.54 Å². The fourth-order valence-electron chi connectivity index (χ4n) is 4.76. The van der Waals surface area contributed by atoms with Crippen LogP contribution < -0.4 is 4.74 Å². The van der Waals surface area contributed by atoms with Gasteiger partial charge in [-0.05, 0) is 67.6 Å². The first-order valence-electron chi connectivity index (χ1n) is 11.7. The molecule has 1 heterocycles. The average Bonchev–Trinajstić information content (AvgIpc) is 2.87. The zero-order valence-corrected chi connectivity index (χ0v) is 21.3. The molecule has 1 N–H and O–H groups in total. The van der Waals surface area contributed by atoms with Gasteiger partial charge in [-0.15, -0.1) is 0 Å². The van der Waals surface area contributed by atoms with Crippen LogP contribution in [0.25, 0.3) is 0 Å². The van der Waals surface area contributed by atoms with E-state index in [1.165, 1.54) is 4.31 Å². The maximum atomic E-state index is 13.5. The Morgan fingerprint density at radius 2 is 1.80 bits per heavy atom. The number of rotatable bonds is 6. The minimum atomic E-state index is -3.77. The molecule has 1 unspecified atom stereocenters. The molecule has 35 heavy (non-hydrogen) atoms. The molecule has 3 aromatic carbocycles. The van der Waals surface area contributed by atoms with E-state index in [4.69, 9.17) is 4.74 Å². The van der Waals surface area contributed by atoms with Gasteiger partial charge in [0.05, 0.1) is 13.0 Å². The zero-order chi connectivity index (χ0) is 25.3. The standard InChI is InChI=1S/C28H31NO5S/c1-18-9-12-24(20(3)13-18)25(15-28(30)31)22-11-10-19(2)23(14-22)17-29-16-21(4)34-26-7-5-6-8-27(26)35(29,32)33/h5-14,21,25H,15-17H2,1-4H3,(H,30,31)/t21-,25?/m1/s1. The largest absolute Gasteiger partial charge is 0.488 e. The summed E-state index contributed by atoms with van der Waals surface area (Å²) in [6, 6.07) is 18.6. The van der Waals surface area contributed by atoms with Crippen molar-refractivity contribution in [3.05, 3.63) is 94.0 Å². The number of ether oxygens (including phenoxy) is 1. The number of carboxylic acid groups (broad SMARTS) is 1. The predicted molar refractivity (Wildman–Crippen MR) is 135 cm³/mol. The van der Waals surface area contributed by atoms with Crippen LogP contribution in [0.4, 0.5) is 0 Å². The van der Waals surface area contributed by atoms with Crippen LogP contribution in [0.3, 0.4) is 0 Å². The fraction of sp³-hybridized carbons (Fsp3) is 0.321. The summed E-state index contributed by atoms with van der Waals surface area (Å²) in [6.45, 7) is 8.21. The second kappa shape index (κ2) is 9.84. The lowest BCUT2D eigenvalue weighted by atomic mass is 9.84. The molecule has 7 heteroatoms. The molecule has 1 aliphatic heterocycles. The summed E-state index contributed by atoms with van der Waals surface area (Å²) in [7, 11) is -3.77. The number of benzene rings is 3. The monoisotopic (exact) mass is 493 g/mol. The third kappa shape index (κ3) is 5.26. The van der Waals surface area contributed by atoms with Crippen LogP contribution in [0.15, 0.2) is 65.6 Å². The van der Waals surface area contributed by atoms with Crippen molar-refractivity contribution < 1.29 is 23.1 Å². The quantitative estimate of drug-likeness (QED) is 0.511. The number of hydrogen-bond acceptors (Lipinski definition) is 4. The lowest BCUT2D eigenvalue weighted by Crippen LogP contribution is -2.35. The Bertz CT molecular complexity index is 1370. The molecule has 0 amide bonds. The van der Waals surface area contributed by atoms with E-state index in [0.717, 1.165) is 33.4 Å². The molecule has 4 rings (SSSR count). The highest BCUT2D eigenvalue weighted by Crippen LogP contribution is 2.35. The fourth-order valence-corrected chi connectivity index (χ4v) is 6.37. The number of aryl methyl sites for hydroxylation is 3. The van der Waals surface area contributed by atoms with Crippen molar-refractivity contribution >= 4 is 16.0 Å². The number of nitrogens with zero attached hydrogens (tertiary/aromatic N) is 1. The Hall–Kier alpha value is -3.16. The van der Waals surface area contributed by atoms with Crippen LogP contribution in [-0.4, -0.2) is 36.4 Å². The van der Waals surface area contributed by atoms with E-state index >= 15 is 0 Å². The van der Waals surface area contributed by atoms with Crippen molar-refractivity contribution in [1.29, 1.82) is 0 Å². The van der Waals surface area contributed by atoms with Gasteiger partial charge in [-0.25, -0.2) is 8.42 Å². The van der Waals surface area contributed by atoms with Gasteiger partial charge in [-0.2, -0.15) is 4.31 Å². The number of carbonyl (C=O) groups is 1. The molecule has 1 aliphatic rings. The molecule has 0 saturated heterocycles. The normalized spacial score (nSPS) is 18.2. The predicted octanol–water partition coefficient (Wildman–Crippen LogP) is 5.19. The Balaban J connectivity index is 1.74. The van der Waals surface area contributed by atoms with Crippen molar-refractivity contribution in [3.63, 3.8) is 0 Å².